The summed E-state index contributed by atoms with van der Waals surface area (Å²) in [6.07, 6.45) is -22.8. The highest BCUT2D eigenvalue weighted by Crippen LogP contribution is 2.31. The number of hydrogen-bond donors (Lipinski definition) is 12. The minimum Gasteiger partial charge on any atom is -0.394 e. The zero-order valence-corrected chi connectivity index (χ0v) is 27.2. The molecule has 0 saturated carbocycles. The van der Waals surface area contributed by atoms with Crippen molar-refractivity contribution in [1.29, 1.82) is 0 Å². The molecule has 2 amide bonds. The molecule has 0 bridgehead atoms. The van der Waals surface area contributed by atoms with Gasteiger partial charge >= 0.3 is 0 Å². The van der Waals surface area contributed by atoms with Gasteiger partial charge in [-0.25, -0.2) is 0 Å². The first-order valence-electron chi connectivity index (χ1n) is 16.4. The van der Waals surface area contributed by atoms with Gasteiger partial charge in [0.05, 0.1) is 26.4 Å². The molecule has 0 spiro atoms. The van der Waals surface area contributed by atoms with Crippen LogP contribution in [0.1, 0.15) is 39.0 Å². The van der Waals surface area contributed by atoms with Gasteiger partial charge in [-0.1, -0.05) is 0 Å². The van der Waals surface area contributed by atoms with Crippen LogP contribution in [0.5, 0.6) is 0 Å². The van der Waals surface area contributed by atoms with Gasteiger partial charge in [0.25, 0.3) is 0 Å². The first kappa shape index (κ1) is 41.7. The average Bonchev–Trinajstić information content (AvgIpc) is 3.08. The second kappa shape index (κ2) is 20.4. The Labute approximate surface area is 282 Å². The van der Waals surface area contributed by atoms with Crippen molar-refractivity contribution in [3.63, 3.8) is 0 Å². The predicted molar refractivity (Wildman–Crippen MR) is 160 cm³/mol. The molecule has 3 heterocycles. The van der Waals surface area contributed by atoms with Crippen LogP contribution in [0.25, 0.3) is 0 Å². The van der Waals surface area contributed by atoms with Crippen molar-refractivity contribution < 1.29 is 89.1 Å². The van der Waals surface area contributed by atoms with E-state index in [1.165, 1.54) is 0 Å². The normalized spacial score (nSPS) is 39.8. The third-order valence-corrected chi connectivity index (χ3v) is 8.41. The van der Waals surface area contributed by atoms with Crippen LogP contribution in [0.15, 0.2) is 0 Å². The molecule has 12 N–H and O–H groups in total. The van der Waals surface area contributed by atoms with E-state index in [0.717, 1.165) is 0 Å². The van der Waals surface area contributed by atoms with E-state index < -0.39 is 112 Å². The van der Waals surface area contributed by atoms with Crippen LogP contribution < -0.4 is 10.6 Å². The predicted octanol–water partition coefficient (Wildman–Crippen LogP) is -6.35. The molecule has 49 heavy (non-hydrogen) atoms. The van der Waals surface area contributed by atoms with E-state index in [1.807, 2.05) is 6.92 Å². The first-order valence-corrected chi connectivity index (χ1v) is 16.4. The minimum absolute atomic E-state index is 0.0804. The number of unbranched alkanes of at least 4 members (excludes halogenated alkanes) is 1. The lowest BCUT2D eigenvalue weighted by Crippen LogP contribution is -2.65. The molecule has 286 valence electrons. The van der Waals surface area contributed by atoms with Gasteiger partial charge in [0.1, 0.15) is 73.2 Å². The second-order valence-corrected chi connectivity index (χ2v) is 12.1. The Balaban J connectivity index is 1.60. The Hall–Kier alpha value is -1.70. The molecule has 20 heteroatoms. The zero-order valence-electron chi connectivity index (χ0n) is 27.2. The number of rotatable bonds is 18. The lowest BCUT2D eigenvalue weighted by atomic mass is 9.96. The SMILES string of the molecule is CCNC(=O)CCCCC(=O)NCCCO[C@@H]1O[C@H](CO[C@H]2O[C@H](CO)[C@@H](O)[C@H](O)[C@@H]2O)[C@@H](O)[C@H](O[C@H]2O[C@H](CO)[C@@H](O)[C@H](O)[C@@H]2O)[C@@H]1O. The number of carbonyl (C=O) groups excluding carboxylic acids is 2. The standard InChI is InChI=1S/C29H52N2O18/c1-2-30-16(34)6-3-4-7-17(35)31-8-5-9-44-28-25(43)26(49-29-24(42)22(40)19(37)14(11-33)47-29)20(38)15(48-28)12-45-27-23(41)21(39)18(36)13(10-32)46-27/h13-15,18-29,32-33,36-43H,2-12H2,1H3,(H,30,34)(H,31,35)/t13-,14-,15-,18-,19-,20-,21+,22+,23+,24+,25+,26+,27+,28-,29-/m1/s1. The smallest absolute Gasteiger partial charge is 0.219 e. The molecule has 3 fully saturated rings. The average molecular weight is 717 g/mol. The molecule has 15 atom stereocenters. The lowest BCUT2D eigenvalue weighted by Gasteiger charge is -2.46. The lowest BCUT2D eigenvalue weighted by molar-refractivity contribution is -0.366. The fraction of sp³-hybridized carbons (Fsp3) is 0.931. The monoisotopic (exact) mass is 716 g/mol. The van der Waals surface area contributed by atoms with Gasteiger partial charge in [-0.15, -0.1) is 0 Å². The number of nitrogens with one attached hydrogen (secondary N) is 2. The number of hydrogen-bond acceptors (Lipinski definition) is 18. The molecular weight excluding hydrogens is 664 g/mol. The van der Waals surface area contributed by atoms with Crippen molar-refractivity contribution in [1.82, 2.24) is 10.6 Å². The van der Waals surface area contributed by atoms with E-state index in [1.54, 1.807) is 0 Å². The minimum atomic E-state index is -1.87. The molecule has 0 unspecified atom stereocenters. The Morgan fingerprint density at radius 3 is 1.67 bits per heavy atom. The van der Waals surface area contributed by atoms with Crippen molar-refractivity contribution in [3.05, 3.63) is 0 Å². The van der Waals surface area contributed by atoms with Crippen LogP contribution >= 0.6 is 0 Å². The van der Waals surface area contributed by atoms with E-state index >= 15 is 0 Å². The highest BCUT2D eigenvalue weighted by atomic mass is 16.7. The summed E-state index contributed by atoms with van der Waals surface area (Å²) < 4.78 is 33.2. The van der Waals surface area contributed by atoms with E-state index in [-0.39, 0.29) is 37.8 Å². The molecule has 3 saturated heterocycles. The molecule has 3 aliphatic rings. The summed E-state index contributed by atoms with van der Waals surface area (Å²) in [6, 6.07) is 0. The number of amides is 2. The van der Waals surface area contributed by atoms with Crippen LogP contribution in [0, 0.1) is 0 Å². The van der Waals surface area contributed by atoms with Gasteiger partial charge in [-0.05, 0) is 26.2 Å². The second-order valence-electron chi connectivity index (χ2n) is 12.1. The highest BCUT2D eigenvalue weighted by Gasteiger charge is 2.52. The van der Waals surface area contributed by atoms with Crippen molar-refractivity contribution >= 4 is 11.8 Å². The summed E-state index contributed by atoms with van der Waals surface area (Å²) in [7, 11) is 0. The molecule has 20 nitrogen and oxygen atoms in total. The van der Waals surface area contributed by atoms with E-state index in [9.17, 15) is 60.7 Å². The zero-order chi connectivity index (χ0) is 36.2. The molecular formula is C29H52N2O18. The Morgan fingerprint density at radius 1 is 0.592 bits per heavy atom. The summed E-state index contributed by atoms with van der Waals surface area (Å²) in [5, 5.41) is 108. The number of ether oxygens (including phenoxy) is 6. The molecule has 0 aliphatic carbocycles. The Bertz CT molecular complexity index is 995. The largest absolute Gasteiger partial charge is 0.394 e. The molecule has 0 aromatic rings. The van der Waals surface area contributed by atoms with Crippen molar-refractivity contribution in [3.8, 4) is 0 Å². The van der Waals surface area contributed by atoms with Gasteiger partial charge < -0.3 is 90.1 Å². The summed E-state index contributed by atoms with van der Waals surface area (Å²) in [4.78, 5) is 23.6. The molecule has 0 radical (unpaired) electrons. The summed E-state index contributed by atoms with van der Waals surface area (Å²) in [6.45, 7) is 0.378. The fourth-order valence-electron chi connectivity index (χ4n) is 5.51. The molecule has 3 aliphatic heterocycles. The van der Waals surface area contributed by atoms with Gasteiger partial charge in [0.15, 0.2) is 18.9 Å². The maximum atomic E-state index is 12.1. The third-order valence-electron chi connectivity index (χ3n) is 8.41. The third kappa shape index (κ3) is 11.4. The first-order chi connectivity index (χ1) is 23.3. The Morgan fingerprint density at radius 2 is 1.10 bits per heavy atom. The molecule has 0 aromatic carbocycles. The van der Waals surface area contributed by atoms with Crippen molar-refractivity contribution in [2.24, 2.45) is 0 Å². The fourth-order valence-corrected chi connectivity index (χ4v) is 5.51. The van der Waals surface area contributed by atoms with Crippen LogP contribution in [0.4, 0.5) is 0 Å². The van der Waals surface area contributed by atoms with Crippen LogP contribution in [0.3, 0.4) is 0 Å². The number of aliphatic hydroxyl groups excluding tert-OH is 10. The highest BCUT2D eigenvalue weighted by molar-refractivity contribution is 5.77. The van der Waals surface area contributed by atoms with Crippen molar-refractivity contribution in [2.75, 3.05) is 39.5 Å². The maximum absolute atomic E-state index is 12.1. The van der Waals surface area contributed by atoms with Gasteiger partial charge in [-0.3, -0.25) is 9.59 Å². The van der Waals surface area contributed by atoms with E-state index in [0.29, 0.717) is 25.8 Å². The number of carbonyl (C=O) groups is 2. The topological polar surface area (TPSA) is 316 Å². The summed E-state index contributed by atoms with van der Waals surface area (Å²) >= 11 is 0. The number of aliphatic hydroxyl groups is 10. The molecule has 0 aromatic heterocycles. The van der Waals surface area contributed by atoms with Crippen LogP contribution in [0.2, 0.25) is 0 Å². The summed E-state index contributed by atoms with van der Waals surface area (Å²) in [5.41, 5.74) is 0. The molecule has 3 rings (SSSR count). The van der Waals surface area contributed by atoms with Gasteiger partial charge in [0.2, 0.25) is 11.8 Å². The van der Waals surface area contributed by atoms with Crippen LogP contribution in [-0.4, -0.2) is 195 Å². The van der Waals surface area contributed by atoms with Gasteiger partial charge in [0, 0.05) is 25.9 Å². The van der Waals surface area contributed by atoms with E-state index in [2.05, 4.69) is 10.6 Å². The van der Waals surface area contributed by atoms with Crippen molar-refractivity contribution in [2.45, 2.75) is 131 Å². The Kier molecular flexibility index (Phi) is 17.3. The van der Waals surface area contributed by atoms with E-state index in [4.69, 9.17) is 28.4 Å². The van der Waals surface area contributed by atoms with Gasteiger partial charge in [-0.2, -0.15) is 0 Å². The quantitative estimate of drug-likeness (QED) is 0.0587. The maximum Gasteiger partial charge on any atom is 0.219 e. The van der Waals surface area contributed by atoms with Crippen LogP contribution in [-0.2, 0) is 38.0 Å². The summed E-state index contributed by atoms with van der Waals surface area (Å²) in [5.74, 6) is -0.311.